The van der Waals surface area contributed by atoms with E-state index >= 15 is 0 Å². The topological polar surface area (TPSA) is 72.5 Å². The molecule has 0 saturated carbocycles. The minimum Gasteiger partial charge on any atom is -0.508 e. The number of H-pyrrole nitrogens is 1. The minimum absolute atomic E-state index is 0.00307. The number of aromatic nitrogens is 2. The van der Waals surface area contributed by atoms with E-state index in [4.69, 9.17) is 4.98 Å². The number of phenolic OH excluding ortho intramolecular Hbond substituents is 1. The summed E-state index contributed by atoms with van der Waals surface area (Å²) in [6.45, 7) is 7.63. The fourth-order valence-corrected chi connectivity index (χ4v) is 4.76. The molecule has 150 valence electrons. The lowest BCUT2D eigenvalue weighted by atomic mass is 9.78. The summed E-state index contributed by atoms with van der Waals surface area (Å²) in [4.78, 5) is 25.5. The van der Waals surface area contributed by atoms with E-state index < -0.39 is 0 Å². The Kier molecular flexibility index (Phi) is 5.15. The molecule has 2 aliphatic rings. The number of benzene rings is 1. The Morgan fingerprint density at radius 3 is 2.79 bits per heavy atom. The zero-order valence-corrected chi connectivity index (χ0v) is 16.9. The van der Waals surface area contributed by atoms with Crippen LogP contribution in [0, 0.1) is 6.92 Å². The molecule has 1 spiro atoms. The molecular weight excluding hydrogens is 352 g/mol. The molecule has 1 aromatic carbocycles. The molecule has 2 aliphatic heterocycles. The van der Waals surface area contributed by atoms with Gasteiger partial charge in [0, 0.05) is 37.3 Å². The number of phenols is 1. The van der Waals surface area contributed by atoms with Crippen LogP contribution in [0.2, 0.25) is 0 Å². The molecular formula is C22H30N4O2. The first-order chi connectivity index (χ1) is 13.5. The number of aryl methyl sites for hydroxylation is 1. The summed E-state index contributed by atoms with van der Waals surface area (Å²) in [6.07, 6.45) is 7.01. The Morgan fingerprint density at radius 1 is 1.29 bits per heavy atom. The van der Waals surface area contributed by atoms with E-state index in [1.807, 2.05) is 24.2 Å². The molecule has 4 rings (SSSR count). The van der Waals surface area contributed by atoms with E-state index in [9.17, 15) is 9.90 Å². The van der Waals surface area contributed by atoms with E-state index in [0.29, 0.717) is 18.7 Å². The fraction of sp³-hybridized carbons (Fsp3) is 0.545. The van der Waals surface area contributed by atoms with Gasteiger partial charge in [0.1, 0.15) is 5.75 Å². The highest BCUT2D eigenvalue weighted by Gasteiger charge is 2.46. The summed E-state index contributed by atoms with van der Waals surface area (Å²) in [5, 5.41) is 9.96. The molecule has 1 amide bonds. The normalized spacial score (nSPS) is 19.0. The molecule has 0 atom stereocenters. The van der Waals surface area contributed by atoms with Crippen molar-refractivity contribution in [1.29, 1.82) is 0 Å². The van der Waals surface area contributed by atoms with E-state index in [1.165, 1.54) is 24.2 Å². The Bertz CT molecular complexity index is 852. The third-order valence-corrected chi connectivity index (χ3v) is 6.51. The Hall–Kier alpha value is -2.34. The molecule has 0 aliphatic carbocycles. The summed E-state index contributed by atoms with van der Waals surface area (Å²) in [5.74, 6) is 0.182. The number of aromatic amines is 1. The van der Waals surface area contributed by atoms with Gasteiger partial charge in [0.05, 0.1) is 17.6 Å². The Balaban J connectivity index is 1.54. The quantitative estimate of drug-likeness (QED) is 0.852. The van der Waals surface area contributed by atoms with Crippen molar-refractivity contribution < 1.29 is 9.90 Å². The zero-order chi connectivity index (χ0) is 19.7. The van der Waals surface area contributed by atoms with Crippen molar-refractivity contribution >= 4 is 5.91 Å². The van der Waals surface area contributed by atoms with Crippen molar-refractivity contribution in [2.75, 3.05) is 26.2 Å². The number of carbonyl (C=O) groups excluding carboxylic acids is 1. The lowest BCUT2D eigenvalue weighted by molar-refractivity contribution is 0.00630. The van der Waals surface area contributed by atoms with Crippen molar-refractivity contribution in [3.05, 3.63) is 47.0 Å². The SMILES string of the molecule is CCCCN1CCc2[nH]cnc2C12CCN(C(=O)c1ccc(C)c(O)c1)CC2. The number of unbranched alkanes of at least 4 members (excludes halogenated alkanes) is 1. The van der Waals surface area contributed by atoms with E-state index in [-0.39, 0.29) is 17.2 Å². The predicted octanol–water partition coefficient (Wildman–Crippen LogP) is 3.21. The Morgan fingerprint density at radius 2 is 2.07 bits per heavy atom. The molecule has 0 unspecified atom stereocenters. The number of aromatic hydroxyl groups is 1. The first-order valence-corrected chi connectivity index (χ1v) is 10.4. The van der Waals surface area contributed by atoms with Gasteiger partial charge in [-0.25, -0.2) is 4.98 Å². The standard InChI is InChI=1S/C22H30N4O2/c1-3-4-10-26-11-7-18-20(24-15-23-18)22(26)8-12-25(13-9-22)21(28)17-6-5-16(2)19(27)14-17/h5-6,14-15,27H,3-4,7-13H2,1-2H3,(H,23,24). The lowest BCUT2D eigenvalue weighted by Gasteiger charge is -2.50. The van der Waals surface area contributed by atoms with Crippen LogP contribution >= 0.6 is 0 Å². The van der Waals surface area contributed by atoms with Crippen LogP contribution in [0.4, 0.5) is 0 Å². The number of hydrogen-bond acceptors (Lipinski definition) is 4. The van der Waals surface area contributed by atoms with Crippen molar-refractivity contribution in [2.45, 2.75) is 51.5 Å². The number of piperidine rings is 1. The van der Waals surface area contributed by atoms with Gasteiger partial charge in [-0.1, -0.05) is 19.4 Å². The second-order valence-corrected chi connectivity index (χ2v) is 8.15. The van der Waals surface area contributed by atoms with Crippen molar-refractivity contribution in [1.82, 2.24) is 19.8 Å². The summed E-state index contributed by atoms with van der Waals surface area (Å²) < 4.78 is 0. The first kappa shape index (κ1) is 19.0. The van der Waals surface area contributed by atoms with Crippen LogP contribution in [0.5, 0.6) is 5.75 Å². The summed E-state index contributed by atoms with van der Waals surface area (Å²) in [7, 11) is 0. The van der Waals surface area contributed by atoms with Gasteiger partial charge in [0.2, 0.25) is 0 Å². The van der Waals surface area contributed by atoms with Crippen LogP contribution in [0.3, 0.4) is 0 Å². The minimum atomic E-state index is -0.0606. The summed E-state index contributed by atoms with van der Waals surface area (Å²) in [6, 6.07) is 5.20. The first-order valence-electron chi connectivity index (χ1n) is 10.4. The fourth-order valence-electron chi connectivity index (χ4n) is 4.76. The molecule has 3 heterocycles. The highest BCUT2D eigenvalue weighted by atomic mass is 16.3. The average molecular weight is 383 g/mol. The number of rotatable bonds is 4. The van der Waals surface area contributed by atoms with Gasteiger partial charge in [-0.3, -0.25) is 9.69 Å². The number of fused-ring (bicyclic) bond motifs is 2. The van der Waals surface area contributed by atoms with Crippen LogP contribution in [0.1, 0.15) is 59.9 Å². The highest BCUT2D eigenvalue weighted by Crippen LogP contribution is 2.42. The number of likely N-dealkylation sites (tertiary alicyclic amines) is 1. The monoisotopic (exact) mass is 382 g/mol. The number of amides is 1. The molecule has 6 heteroatoms. The van der Waals surface area contributed by atoms with Crippen LogP contribution < -0.4 is 0 Å². The third kappa shape index (κ3) is 3.20. The highest BCUT2D eigenvalue weighted by molar-refractivity contribution is 5.94. The van der Waals surface area contributed by atoms with Gasteiger partial charge in [-0.2, -0.15) is 0 Å². The maximum absolute atomic E-state index is 13.0. The van der Waals surface area contributed by atoms with Crippen molar-refractivity contribution in [3.8, 4) is 5.75 Å². The zero-order valence-electron chi connectivity index (χ0n) is 16.9. The smallest absolute Gasteiger partial charge is 0.253 e. The number of nitrogens with zero attached hydrogens (tertiary/aromatic N) is 3. The number of imidazole rings is 1. The molecule has 0 bridgehead atoms. The van der Waals surface area contributed by atoms with Crippen LogP contribution in [0.25, 0.3) is 0 Å². The van der Waals surface area contributed by atoms with Gasteiger partial charge in [0.25, 0.3) is 5.91 Å². The van der Waals surface area contributed by atoms with Gasteiger partial charge in [0.15, 0.2) is 0 Å². The van der Waals surface area contributed by atoms with E-state index in [1.54, 1.807) is 12.1 Å². The number of hydrogen-bond donors (Lipinski definition) is 2. The number of nitrogens with one attached hydrogen (secondary N) is 1. The lowest BCUT2D eigenvalue weighted by Crippen LogP contribution is -2.57. The maximum atomic E-state index is 13.0. The van der Waals surface area contributed by atoms with Gasteiger partial charge in [-0.05, 0) is 50.4 Å². The molecule has 1 aromatic heterocycles. The van der Waals surface area contributed by atoms with Gasteiger partial charge >= 0.3 is 0 Å². The second-order valence-electron chi connectivity index (χ2n) is 8.15. The summed E-state index contributed by atoms with van der Waals surface area (Å²) in [5.41, 5.74) is 3.74. The Labute approximate surface area is 166 Å². The van der Waals surface area contributed by atoms with Crippen LogP contribution in [-0.2, 0) is 12.0 Å². The van der Waals surface area contributed by atoms with E-state index in [2.05, 4.69) is 16.8 Å². The molecule has 6 nitrogen and oxygen atoms in total. The molecule has 2 aromatic rings. The molecule has 0 radical (unpaired) electrons. The third-order valence-electron chi connectivity index (χ3n) is 6.51. The predicted molar refractivity (Wildman–Crippen MR) is 108 cm³/mol. The van der Waals surface area contributed by atoms with Gasteiger partial charge < -0.3 is 15.0 Å². The van der Waals surface area contributed by atoms with Crippen LogP contribution in [-0.4, -0.2) is 57.0 Å². The largest absolute Gasteiger partial charge is 0.508 e. The van der Waals surface area contributed by atoms with Gasteiger partial charge in [-0.15, -0.1) is 0 Å². The van der Waals surface area contributed by atoms with Crippen molar-refractivity contribution in [3.63, 3.8) is 0 Å². The average Bonchev–Trinajstić information content (AvgIpc) is 3.20. The van der Waals surface area contributed by atoms with Crippen LogP contribution in [0.15, 0.2) is 24.5 Å². The van der Waals surface area contributed by atoms with Crippen molar-refractivity contribution in [2.24, 2.45) is 0 Å². The second kappa shape index (κ2) is 7.59. The van der Waals surface area contributed by atoms with E-state index in [0.717, 1.165) is 37.9 Å². The molecule has 28 heavy (non-hydrogen) atoms. The molecule has 1 fully saturated rings. The molecule has 1 saturated heterocycles. The number of carbonyl (C=O) groups is 1. The maximum Gasteiger partial charge on any atom is 0.253 e. The summed E-state index contributed by atoms with van der Waals surface area (Å²) >= 11 is 0. The molecule has 2 N–H and O–H groups in total.